The van der Waals surface area contributed by atoms with Gasteiger partial charge in [0.15, 0.2) is 5.82 Å². The van der Waals surface area contributed by atoms with Crippen molar-refractivity contribution >= 4 is 11.8 Å². The van der Waals surface area contributed by atoms with E-state index >= 15 is 0 Å². The van der Waals surface area contributed by atoms with E-state index in [1.54, 1.807) is 13.0 Å². The van der Waals surface area contributed by atoms with E-state index in [9.17, 15) is 4.79 Å². The zero-order valence-corrected chi connectivity index (χ0v) is 14.8. The summed E-state index contributed by atoms with van der Waals surface area (Å²) in [6.45, 7) is 7.93. The van der Waals surface area contributed by atoms with Crippen LogP contribution in [-0.4, -0.2) is 51.3 Å². The summed E-state index contributed by atoms with van der Waals surface area (Å²) in [4.78, 5) is 18.8. The van der Waals surface area contributed by atoms with Crippen molar-refractivity contribution in [2.24, 2.45) is 0 Å². The number of amides is 1. The monoisotopic (exact) mass is 348 g/mol. The largest absolute Gasteiger partial charge is 0.340 e. The van der Waals surface area contributed by atoms with Gasteiger partial charge in [0, 0.05) is 25.6 Å². The first-order valence-corrected chi connectivity index (χ1v) is 8.51. The van der Waals surface area contributed by atoms with Gasteiger partial charge < -0.3 is 14.4 Å². The van der Waals surface area contributed by atoms with Crippen molar-refractivity contribution in [1.82, 2.24) is 25.5 Å². The normalized spacial score (nSPS) is 19.7. The highest BCUT2D eigenvalue weighted by atomic mass is 16.5. The molecule has 1 saturated heterocycles. The van der Waals surface area contributed by atoms with Crippen LogP contribution in [0.15, 0.2) is 15.1 Å². The topological polar surface area (TPSA) is 109 Å². The fraction of sp³-hybridized carbons (Fsp3) is 0.625. The average molecular weight is 348 g/mol. The first kappa shape index (κ1) is 17.6. The number of hydrogen-bond donors (Lipinski definition) is 2. The van der Waals surface area contributed by atoms with Crippen LogP contribution in [0.5, 0.6) is 0 Å². The van der Waals surface area contributed by atoms with Crippen molar-refractivity contribution in [3.05, 3.63) is 23.5 Å². The van der Waals surface area contributed by atoms with Gasteiger partial charge in [-0.2, -0.15) is 4.98 Å². The van der Waals surface area contributed by atoms with Gasteiger partial charge in [0.2, 0.25) is 17.7 Å². The van der Waals surface area contributed by atoms with Crippen LogP contribution in [0.25, 0.3) is 0 Å². The molecule has 1 fully saturated rings. The second-order valence-corrected chi connectivity index (χ2v) is 6.51. The minimum atomic E-state index is -0.331. The highest BCUT2D eigenvalue weighted by Crippen LogP contribution is 2.14. The molecule has 25 heavy (non-hydrogen) atoms. The lowest BCUT2D eigenvalue weighted by Gasteiger charge is -2.33. The number of rotatable bonds is 6. The highest BCUT2D eigenvalue weighted by Gasteiger charge is 2.24. The van der Waals surface area contributed by atoms with Gasteiger partial charge >= 0.3 is 0 Å². The third-order valence-electron chi connectivity index (χ3n) is 4.19. The molecule has 9 nitrogen and oxygen atoms in total. The highest BCUT2D eigenvalue weighted by molar-refractivity contribution is 5.93. The van der Waals surface area contributed by atoms with E-state index in [1.807, 2.05) is 13.8 Å². The van der Waals surface area contributed by atoms with Crippen LogP contribution in [-0.2, 0) is 11.3 Å². The third-order valence-corrected chi connectivity index (χ3v) is 4.19. The molecule has 2 N–H and O–H groups in total. The molecule has 0 aromatic carbocycles. The van der Waals surface area contributed by atoms with E-state index in [4.69, 9.17) is 9.05 Å². The molecular formula is C16H24N6O3. The summed E-state index contributed by atoms with van der Waals surface area (Å²) >= 11 is 0. The SMILES string of the molecule is Cc1cc(NC(=O)C(C)NC2CCCN(Cc3noc(C)n3)C2)on1. The van der Waals surface area contributed by atoms with Crippen LogP contribution >= 0.6 is 0 Å². The Balaban J connectivity index is 1.48. The molecule has 2 aromatic rings. The Morgan fingerprint density at radius 2 is 2.24 bits per heavy atom. The Kier molecular flexibility index (Phi) is 5.44. The van der Waals surface area contributed by atoms with Crippen LogP contribution < -0.4 is 10.6 Å². The Morgan fingerprint density at radius 1 is 1.40 bits per heavy atom. The molecule has 9 heteroatoms. The van der Waals surface area contributed by atoms with E-state index in [0.717, 1.165) is 31.6 Å². The second kappa shape index (κ2) is 7.75. The minimum absolute atomic E-state index is 0.137. The van der Waals surface area contributed by atoms with E-state index in [1.165, 1.54) is 0 Å². The van der Waals surface area contributed by atoms with Crippen LogP contribution in [0, 0.1) is 13.8 Å². The summed E-state index contributed by atoms with van der Waals surface area (Å²) in [5.41, 5.74) is 0.732. The molecule has 0 aliphatic carbocycles. The predicted octanol–water partition coefficient (Wildman–Crippen LogP) is 1.26. The summed E-state index contributed by atoms with van der Waals surface area (Å²) in [5.74, 6) is 1.51. The number of aryl methyl sites for hydroxylation is 2. The summed E-state index contributed by atoms with van der Waals surface area (Å²) in [6, 6.07) is 1.60. The maximum atomic E-state index is 12.3. The molecule has 2 aromatic heterocycles. The predicted molar refractivity (Wildman–Crippen MR) is 89.8 cm³/mol. The standard InChI is InChI=1S/C16H24N6O3/c1-10-7-15(25-20-10)19-16(23)11(2)17-13-5-4-6-22(8-13)9-14-18-12(3)24-21-14/h7,11,13,17H,4-6,8-9H2,1-3H3,(H,19,23). The zero-order chi connectivity index (χ0) is 17.8. The van der Waals surface area contributed by atoms with Crippen molar-refractivity contribution in [2.45, 2.75) is 52.2 Å². The molecule has 2 atom stereocenters. The number of carbonyl (C=O) groups is 1. The number of likely N-dealkylation sites (tertiary alicyclic amines) is 1. The van der Waals surface area contributed by atoms with Crippen LogP contribution in [0.1, 0.15) is 37.2 Å². The fourth-order valence-corrected chi connectivity index (χ4v) is 3.02. The molecule has 3 rings (SSSR count). The molecule has 0 bridgehead atoms. The summed E-state index contributed by atoms with van der Waals surface area (Å²) in [6.07, 6.45) is 2.09. The maximum absolute atomic E-state index is 12.3. The Morgan fingerprint density at radius 3 is 2.92 bits per heavy atom. The first-order valence-electron chi connectivity index (χ1n) is 8.51. The Hall–Kier alpha value is -2.26. The first-order chi connectivity index (χ1) is 12.0. The van der Waals surface area contributed by atoms with Crippen molar-refractivity contribution in [3.63, 3.8) is 0 Å². The van der Waals surface area contributed by atoms with E-state index in [-0.39, 0.29) is 18.0 Å². The average Bonchev–Trinajstić information content (AvgIpc) is 3.16. The van der Waals surface area contributed by atoms with Crippen molar-refractivity contribution < 1.29 is 13.8 Å². The lowest BCUT2D eigenvalue weighted by molar-refractivity contribution is -0.118. The van der Waals surface area contributed by atoms with Crippen LogP contribution in [0.2, 0.25) is 0 Å². The maximum Gasteiger partial charge on any atom is 0.243 e. The molecule has 1 aliphatic rings. The molecule has 1 aliphatic heterocycles. The van der Waals surface area contributed by atoms with Gasteiger partial charge in [-0.3, -0.25) is 15.0 Å². The molecule has 1 amide bonds. The molecule has 3 heterocycles. The van der Waals surface area contributed by atoms with Gasteiger partial charge in [0.05, 0.1) is 18.3 Å². The number of carbonyl (C=O) groups excluding carboxylic acids is 1. The summed E-state index contributed by atoms with van der Waals surface area (Å²) in [5, 5.41) is 13.8. The molecule has 0 spiro atoms. The number of piperidine rings is 1. The van der Waals surface area contributed by atoms with E-state index in [0.29, 0.717) is 24.1 Å². The van der Waals surface area contributed by atoms with Gasteiger partial charge in [-0.1, -0.05) is 10.3 Å². The van der Waals surface area contributed by atoms with Crippen molar-refractivity contribution in [3.8, 4) is 0 Å². The molecule has 0 saturated carbocycles. The lowest BCUT2D eigenvalue weighted by Crippen LogP contribution is -2.51. The lowest BCUT2D eigenvalue weighted by atomic mass is 10.0. The van der Waals surface area contributed by atoms with Crippen molar-refractivity contribution in [2.75, 3.05) is 18.4 Å². The number of aromatic nitrogens is 3. The van der Waals surface area contributed by atoms with E-state index < -0.39 is 0 Å². The number of nitrogens with zero attached hydrogens (tertiary/aromatic N) is 4. The molecular weight excluding hydrogens is 324 g/mol. The second-order valence-electron chi connectivity index (χ2n) is 6.51. The van der Waals surface area contributed by atoms with Gasteiger partial charge in [0.1, 0.15) is 0 Å². The third kappa shape index (κ3) is 4.86. The summed E-state index contributed by atoms with van der Waals surface area (Å²) < 4.78 is 10.0. The quantitative estimate of drug-likeness (QED) is 0.803. The molecule has 2 unspecified atom stereocenters. The smallest absolute Gasteiger partial charge is 0.243 e. The molecule has 0 radical (unpaired) electrons. The van der Waals surface area contributed by atoms with Gasteiger partial charge in [-0.05, 0) is 33.2 Å². The number of nitrogens with one attached hydrogen (secondary N) is 2. The van der Waals surface area contributed by atoms with E-state index in [2.05, 4.69) is 30.8 Å². The minimum Gasteiger partial charge on any atom is -0.340 e. The molecule has 136 valence electrons. The van der Waals surface area contributed by atoms with Gasteiger partial charge in [-0.15, -0.1) is 0 Å². The Bertz CT molecular complexity index is 712. The number of hydrogen-bond acceptors (Lipinski definition) is 8. The summed E-state index contributed by atoms with van der Waals surface area (Å²) in [7, 11) is 0. The van der Waals surface area contributed by atoms with Crippen LogP contribution in [0.4, 0.5) is 5.88 Å². The van der Waals surface area contributed by atoms with Gasteiger partial charge in [0.25, 0.3) is 0 Å². The van der Waals surface area contributed by atoms with Gasteiger partial charge in [-0.25, -0.2) is 0 Å². The number of anilines is 1. The van der Waals surface area contributed by atoms with Crippen LogP contribution in [0.3, 0.4) is 0 Å². The van der Waals surface area contributed by atoms with Crippen molar-refractivity contribution in [1.29, 1.82) is 0 Å². The fourth-order valence-electron chi connectivity index (χ4n) is 3.02. The zero-order valence-electron chi connectivity index (χ0n) is 14.8. The Labute approximate surface area is 146 Å².